The highest BCUT2D eigenvalue weighted by molar-refractivity contribution is 5.40. The first-order valence-corrected chi connectivity index (χ1v) is 9.71. The molecule has 2 N–H and O–H groups in total. The van der Waals surface area contributed by atoms with Crippen molar-refractivity contribution in [3.8, 4) is 11.8 Å². The Hall–Kier alpha value is -2.78. The molecule has 3 rings (SSSR count). The first-order valence-electron chi connectivity index (χ1n) is 9.71. The molecule has 1 atom stereocenters. The molecule has 0 aliphatic carbocycles. The zero-order valence-corrected chi connectivity index (χ0v) is 16.9. The molecule has 1 aliphatic rings. The number of hydrogen-bond acceptors (Lipinski definition) is 4. The maximum Gasteiger partial charge on any atom is 0.333 e. The standard InChI is InChI=1S/C22H28N4O2/c1-4-5-9-25-20(24-8-6-7-19(23)15-24)13-21(27)26(22(25)28)14-18-11-16(2)10-17(3)12-18/h10-13,19H,6-9,14-15,23H2,1-3H3/t19-/m1/s1. The second-order valence-corrected chi connectivity index (χ2v) is 7.57. The third kappa shape index (κ3) is 4.37. The monoisotopic (exact) mass is 380 g/mol. The quantitative estimate of drug-likeness (QED) is 0.818. The van der Waals surface area contributed by atoms with Crippen molar-refractivity contribution < 1.29 is 0 Å². The summed E-state index contributed by atoms with van der Waals surface area (Å²) in [6.07, 6.45) is 1.90. The third-order valence-electron chi connectivity index (χ3n) is 5.07. The molecule has 6 nitrogen and oxygen atoms in total. The Kier molecular flexibility index (Phi) is 6.05. The predicted octanol–water partition coefficient (Wildman–Crippen LogP) is 1.63. The Morgan fingerprint density at radius 1 is 1.11 bits per heavy atom. The van der Waals surface area contributed by atoms with E-state index in [9.17, 15) is 9.59 Å². The summed E-state index contributed by atoms with van der Waals surface area (Å²) in [5.41, 5.74) is 8.65. The number of piperidine rings is 1. The van der Waals surface area contributed by atoms with E-state index in [1.165, 1.54) is 4.57 Å². The molecular formula is C22H28N4O2. The zero-order chi connectivity index (χ0) is 20.3. The van der Waals surface area contributed by atoms with Crippen LogP contribution in [0.3, 0.4) is 0 Å². The molecule has 1 aromatic carbocycles. The second-order valence-electron chi connectivity index (χ2n) is 7.57. The van der Waals surface area contributed by atoms with Gasteiger partial charge in [0.1, 0.15) is 5.82 Å². The number of aromatic nitrogens is 2. The Labute approximate surface area is 165 Å². The fraction of sp³-hybridized carbons (Fsp3) is 0.455. The minimum absolute atomic E-state index is 0.0484. The molecular weight excluding hydrogens is 352 g/mol. The lowest BCUT2D eigenvalue weighted by Gasteiger charge is -2.33. The molecule has 0 bridgehead atoms. The van der Waals surface area contributed by atoms with Crippen molar-refractivity contribution in [1.29, 1.82) is 0 Å². The maximum atomic E-state index is 13.2. The number of anilines is 1. The van der Waals surface area contributed by atoms with E-state index in [4.69, 9.17) is 5.73 Å². The zero-order valence-electron chi connectivity index (χ0n) is 16.9. The first-order chi connectivity index (χ1) is 13.4. The molecule has 0 spiro atoms. The molecule has 1 aliphatic heterocycles. The summed E-state index contributed by atoms with van der Waals surface area (Å²) in [7, 11) is 0. The fourth-order valence-electron chi connectivity index (χ4n) is 3.88. The Morgan fingerprint density at radius 3 is 2.46 bits per heavy atom. The van der Waals surface area contributed by atoms with Crippen molar-refractivity contribution in [1.82, 2.24) is 9.13 Å². The molecule has 28 heavy (non-hydrogen) atoms. The van der Waals surface area contributed by atoms with Gasteiger partial charge in [0.25, 0.3) is 5.56 Å². The molecule has 6 heteroatoms. The largest absolute Gasteiger partial charge is 0.356 e. The minimum Gasteiger partial charge on any atom is -0.356 e. The van der Waals surface area contributed by atoms with E-state index in [0.717, 1.165) is 36.1 Å². The number of rotatable bonds is 4. The number of nitrogens with zero attached hydrogens (tertiary/aromatic N) is 3. The summed E-state index contributed by atoms with van der Waals surface area (Å²) in [6.45, 7) is 7.69. The van der Waals surface area contributed by atoms with Gasteiger partial charge in [-0.25, -0.2) is 4.79 Å². The van der Waals surface area contributed by atoms with Gasteiger partial charge in [0.05, 0.1) is 13.1 Å². The van der Waals surface area contributed by atoms with Gasteiger partial charge in [-0.3, -0.25) is 13.9 Å². The molecule has 148 valence electrons. The van der Waals surface area contributed by atoms with Crippen LogP contribution in [0.25, 0.3) is 0 Å². The van der Waals surface area contributed by atoms with Gasteiger partial charge >= 0.3 is 5.69 Å². The molecule has 0 amide bonds. The van der Waals surface area contributed by atoms with Crippen LogP contribution in [0.15, 0.2) is 33.9 Å². The van der Waals surface area contributed by atoms with Gasteiger partial charge in [0.2, 0.25) is 0 Å². The van der Waals surface area contributed by atoms with Gasteiger partial charge in [-0.05, 0) is 39.2 Å². The van der Waals surface area contributed by atoms with Crippen molar-refractivity contribution in [3.63, 3.8) is 0 Å². The molecule has 1 fully saturated rings. The Balaban J connectivity index is 2.07. The van der Waals surface area contributed by atoms with Crippen LogP contribution in [0.2, 0.25) is 0 Å². The minimum atomic E-state index is -0.330. The average molecular weight is 380 g/mol. The highest BCUT2D eigenvalue weighted by Crippen LogP contribution is 2.17. The van der Waals surface area contributed by atoms with Crippen LogP contribution in [0.4, 0.5) is 5.82 Å². The van der Waals surface area contributed by atoms with Crippen molar-refractivity contribution >= 4 is 5.82 Å². The fourth-order valence-corrected chi connectivity index (χ4v) is 3.88. The van der Waals surface area contributed by atoms with E-state index in [-0.39, 0.29) is 30.4 Å². The van der Waals surface area contributed by atoms with Crippen LogP contribution in [-0.2, 0) is 13.1 Å². The first kappa shape index (κ1) is 20.0. The Bertz CT molecular complexity index is 1020. The number of nitrogens with two attached hydrogens (primary N) is 1. The molecule has 0 saturated carbocycles. The van der Waals surface area contributed by atoms with Gasteiger partial charge in [-0.15, -0.1) is 5.92 Å². The van der Waals surface area contributed by atoms with Crippen LogP contribution in [0.1, 0.15) is 36.5 Å². The van der Waals surface area contributed by atoms with Crippen molar-refractivity contribution in [2.45, 2.75) is 52.7 Å². The molecule has 2 aromatic rings. The van der Waals surface area contributed by atoms with Crippen LogP contribution in [0, 0.1) is 25.7 Å². The van der Waals surface area contributed by atoms with Gasteiger partial charge < -0.3 is 10.6 Å². The highest BCUT2D eigenvalue weighted by Gasteiger charge is 2.22. The summed E-state index contributed by atoms with van der Waals surface area (Å²) in [5, 5.41) is 0. The van der Waals surface area contributed by atoms with Crippen molar-refractivity contribution in [2.75, 3.05) is 18.0 Å². The van der Waals surface area contributed by atoms with E-state index < -0.39 is 0 Å². The second kappa shape index (κ2) is 8.49. The molecule has 0 unspecified atom stereocenters. The summed E-state index contributed by atoms with van der Waals surface area (Å²) in [4.78, 5) is 28.1. The molecule has 0 radical (unpaired) electrons. The smallest absolute Gasteiger partial charge is 0.333 e. The summed E-state index contributed by atoms with van der Waals surface area (Å²) in [5.74, 6) is 6.42. The van der Waals surface area contributed by atoms with Gasteiger partial charge in [-0.2, -0.15) is 0 Å². The third-order valence-corrected chi connectivity index (χ3v) is 5.07. The molecule has 1 saturated heterocycles. The van der Waals surface area contributed by atoms with E-state index in [2.05, 4.69) is 17.9 Å². The summed E-state index contributed by atoms with van der Waals surface area (Å²) in [6, 6.07) is 7.69. The van der Waals surface area contributed by atoms with Gasteiger partial charge in [0, 0.05) is 25.2 Å². The van der Waals surface area contributed by atoms with E-state index >= 15 is 0 Å². The predicted molar refractivity (Wildman–Crippen MR) is 113 cm³/mol. The molecule has 2 heterocycles. The van der Waals surface area contributed by atoms with Crippen LogP contribution < -0.4 is 21.9 Å². The summed E-state index contributed by atoms with van der Waals surface area (Å²) >= 11 is 0. The topological polar surface area (TPSA) is 73.3 Å². The highest BCUT2D eigenvalue weighted by atomic mass is 16.2. The number of benzene rings is 1. The number of aryl methyl sites for hydroxylation is 2. The SMILES string of the molecule is CC#CCn1c(N2CCC[C@@H](N)C2)cc(=O)n(Cc2cc(C)cc(C)c2)c1=O. The van der Waals surface area contributed by atoms with Crippen LogP contribution >= 0.6 is 0 Å². The summed E-state index contributed by atoms with van der Waals surface area (Å²) < 4.78 is 2.89. The van der Waals surface area contributed by atoms with Gasteiger partial charge in [0.15, 0.2) is 0 Å². The lowest BCUT2D eigenvalue weighted by Crippen LogP contribution is -2.48. The average Bonchev–Trinajstić information content (AvgIpc) is 2.63. The van der Waals surface area contributed by atoms with Gasteiger partial charge in [-0.1, -0.05) is 35.2 Å². The lowest BCUT2D eigenvalue weighted by atomic mass is 10.1. The van der Waals surface area contributed by atoms with E-state index in [0.29, 0.717) is 12.4 Å². The van der Waals surface area contributed by atoms with Crippen molar-refractivity contribution in [2.24, 2.45) is 5.73 Å². The number of hydrogen-bond donors (Lipinski definition) is 1. The van der Waals surface area contributed by atoms with E-state index in [1.54, 1.807) is 17.6 Å². The van der Waals surface area contributed by atoms with Crippen LogP contribution in [-0.4, -0.2) is 28.3 Å². The Morgan fingerprint density at radius 2 is 1.82 bits per heavy atom. The maximum absolute atomic E-state index is 13.2. The lowest BCUT2D eigenvalue weighted by molar-refractivity contribution is 0.491. The van der Waals surface area contributed by atoms with E-state index in [1.807, 2.05) is 30.9 Å². The van der Waals surface area contributed by atoms with Crippen molar-refractivity contribution in [3.05, 3.63) is 61.8 Å². The normalized spacial score (nSPS) is 16.6. The molecule has 1 aromatic heterocycles. The van der Waals surface area contributed by atoms with Crippen LogP contribution in [0.5, 0.6) is 0 Å².